The third-order valence-electron chi connectivity index (χ3n) is 4.73. The molecule has 7 nitrogen and oxygen atoms in total. The number of carbonyl (C=O) groups is 2. The standard InChI is InChI=1S/C20H24N4O3/c1-12(11-19(26)27-4)21-18(25)10-9-15-13(2)22-20-16-7-5-6-8-17(16)23-24(20)14(15)3/h5-8,12H,9-11H2,1-4H3,(H,21,25). The molecule has 27 heavy (non-hydrogen) atoms. The molecule has 1 amide bonds. The number of nitrogens with one attached hydrogen (secondary N) is 1. The van der Waals surface area contributed by atoms with Crippen LogP contribution in [0.4, 0.5) is 0 Å². The zero-order chi connectivity index (χ0) is 19.6. The number of amides is 1. The van der Waals surface area contributed by atoms with Gasteiger partial charge in [0.25, 0.3) is 0 Å². The second-order valence-corrected chi connectivity index (χ2v) is 6.76. The SMILES string of the molecule is COC(=O)CC(C)NC(=O)CCc1c(C)nc2c3ccccc3nn2c1C. The van der Waals surface area contributed by atoms with Gasteiger partial charge in [-0.25, -0.2) is 9.50 Å². The lowest BCUT2D eigenvalue weighted by Crippen LogP contribution is -2.34. The Bertz CT molecular complexity index is 1010. The van der Waals surface area contributed by atoms with Crippen molar-refractivity contribution in [1.29, 1.82) is 0 Å². The van der Waals surface area contributed by atoms with E-state index in [1.54, 1.807) is 6.92 Å². The van der Waals surface area contributed by atoms with Crippen LogP contribution in [-0.2, 0) is 20.7 Å². The minimum absolute atomic E-state index is 0.101. The fourth-order valence-corrected chi connectivity index (χ4v) is 3.31. The quantitative estimate of drug-likeness (QED) is 0.676. The summed E-state index contributed by atoms with van der Waals surface area (Å²) in [7, 11) is 1.34. The number of hydrogen-bond donors (Lipinski definition) is 1. The van der Waals surface area contributed by atoms with Crippen LogP contribution in [0, 0.1) is 13.8 Å². The first-order chi connectivity index (χ1) is 12.9. The van der Waals surface area contributed by atoms with Gasteiger partial charge in [0, 0.05) is 29.2 Å². The Morgan fingerprint density at radius 1 is 1.26 bits per heavy atom. The minimum Gasteiger partial charge on any atom is -0.469 e. The highest BCUT2D eigenvalue weighted by molar-refractivity contribution is 5.92. The molecule has 0 fully saturated rings. The molecule has 7 heteroatoms. The van der Waals surface area contributed by atoms with E-state index in [2.05, 4.69) is 15.2 Å². The van der Waals surface area contributed by atoms with Gasteiger partial charge >= 0.3 is 5.97 Å². The highest BCUT2D eigenvalue weighted by Crippen LogP contribution is 2.22. The molecule has 0 bridgehead atoms. The Balaban J connectivity index is 1.76. The van der Waals surface area contributed by atoms with E-state index in [0.29, 0.717) is 12.8 Å². The third kappa shape index (κ3) is 3.92. The largest absolute Gasteiger partial charge is 0.469 e. The lowest BCUT2D eigenvalue weighted by molar-refractivity contribution is -0.141. The van der Waals surface area contributed by atoms with E-state index >= 15 is 0 Å². The van der Waals surface area contributed by atoms with Gasteiger partial charge in [0.05, 0.1) is 19.0 Å². The van der Waals surface area contributed by atoms with Crippen LogP contribution in [0.3, 0.4) is 0 Å². The topological polar surface area (TPSA) is 85.6 Å². The second kappa shape index (κ2) is 7.73. The lowest BCUT2D eigenvalue weighted by Gasteiger charge is -2.14. The molecule has 0 aliphatic rings. The molecular weight excluding hydrogens is 344 g/mol. The minimum atomic E-state index is -0.338. The van der Waals surface area contributed by atoms with Crippen LogP contribution in [0.25, 0.3) is 16.6 Å². The Morgan fingerprint density at radius 2 is 2.00 bits per heavy atom. The summed E-state index contributed by atoms with van der Waals surface area (Å²) >= 11 is 0. The van der Waals surface area contributed by atoms with Gasteiger partial charge in [-0.05, 0) is 44.9 Å². The van der Waals surface area contributed by atoms with E-state index in [1.807, 2.05) is 42.6 Å². The molecule has 0 saturated heterocycles. The number of aromatic nitrogens is 3. The van der Waals surface area contributed by atoms with Crippen LogP contribution in [-0.4, -0.2) is 39.6 Å². The molecule has 1 unspecified atom stereocenters. The number of nitrogens with zero attached hydrogens (tertiary/aromatic N) is 3. The highest BCUT2D eigenvalue weighted by Gasteiger charge is 2.16. The fraction of sp³-hybridized carbons (Fsp3) is 0.400. The fourth-order valence-electron chi connectivity index (χ4n) is 3.31. The summed E-state index contributed by atoms with van der Waals surface area (Å²) in [6, 6.07) is 7.65. The maximum atomic E-state index is 12.2. The zero-order valence-corrected chi connectivity index (χ0v) is 16.1. The van der Waals surface area contributed by atoms with Crippen molar-refractivity contribution in [2.75, 3.05) is 7.11 Å². The number of aryl methyl sites for hydroxylation is 2. The Hall–Kier alpha value is -2.96. The van der Waals surface area contributed by atoms with Crippen LogP contribution in [0.15, 0.2) is 24.3 Å². The Morgan fingerprint density at radius 3 is 2.74 bits per heavy atom. The van der Waals surface area contributed by atoms with E-state index in [-0.39, 0.29) is 24.3 Å². The van der Waals surface area contributed by atoms with E-state index in [1.165, 1.54) is 7.11 Å². The van der Waals surface area contributed by atoms with Crippen LogP contribution in [0.1, 0.15) is 36.7 Å². The average Bonchev–Trinajstić information content (AvgIpc) is 3.00. The number of esters is 1. The Labute approximate surface area is 157 Å². The maximum absolute atomic E-state index is 12.2. The predicted octanol–water partition coefficient (Wildman–Crippen LogP) is 2.50. The normalized spacial score (nSPS) is 12.3. The van der Waals surface area contributed by atoms with Gasteiger partial charge in [-0.2, -0.15) is 5.10 Å². The molecule has 0 spiro atoms. The zero-order valence-electron chi connectivity index (χ0n) is 16.1. The number of methoxy groups -OCH3 is 1. The first kappa shape index (κ1) is 18.8. The van der Waals surface area contributed by atoms with E-state index in [4.69, 9.17) is 4.98 Å². The summed E-state index contributed by atoms with van der Waals surface area (Å²) in [5, 5.41) is 8.48. The molecular formula is C20H24N4O3. The van der Waals surface area contributed by atoms with E-state index in [0.717, 1.165) is 33.5 Å². The van der Waals surface area contributed by atoms with Crippen molar-refractivity contribution in [1.82, 2.24) is 19.9 Å². The van der Waals surface area contributed by atoms with E-state index in [9.17, 15) is 9.59 Å². The lowest BCUT2D eigenvalue weighted by atomic mass is 10.1. The van der Waals surface area contributed by atoms with Crippen LogP contribution in [0.2, 0.25) is 0 Å². The molecule has 0 aliphatic carbocycles. The molecule has 1 aromatic carbocycles. The molecule has 142 valence electrons. The van der Waals surface area contributed by atoms with Crippen molar-refractivity contribution >= 4 is 28.4 Å². The second-order valence-electron chi connectivity index (χ2n) is 6.76. The molecule has 0 aliphatic heterocycles. The van der Waals surface area contributed by atoms with Crippen molar-refractivity contribution < 1.29 is 14.3 Å². The van der Waals surface area contributed by atoms with Crippen LogP contribution in [0.5, 0.6) is 0 Å². The van der Waals surface area contributed by atoms with Gasteiger partial charge in [-0.15, -0.1) is 0 Å². The number of hydrogen-bond acceptors (Lipinski definition) is 5. The van der Waals surface area contributed by atoms with Crippen molar-refractivity contribution in [2.24, 2.45) is 0 Å². The van der Waals surface area contributed by atoms with Crippen LogP contribution < -0.4 is 5.32 Å². The van der Waals surface area contributed by atoms with Crippen molar-refractivity contribution in [3.8, 4) is 0 Å². The first-order valence-electron chi connectivity index (χ1n) is 9.00. The number of carbonyl (C=O) groups excluding carboxylic acids is 2. The van der Waals surface area contributed by atoms with Gasteiger partial charge in [0.2, 0.25) is 5.91 Å². The summed E-state index contributed by atoms with van der Waals surface area (Å²) in [6.45, 7) is 5.75. The molecule has 0 saturated carbocycles. The highest BCUT2D eigenvalue weighted by atomic mass is 16.5. The summed E-state index contributed by atoms with van der Waals surface area (Å²) < 4.78 is 6.47. The molecule has 2 aromatic heterocycles. The van der Waals surface area contributed by atoms with Gasteiger partial charge in [-0.1, -0.05) is 12.1 Å². The van der Waals surface area contributed by atoms with Crippen molar-refractivity contribution in [3.63, 3.8) is 0 Å². The summed E-state index contributed by atoms with van der Waals surface area (Å²) in [5.41, 5.74) is 4.65. The number of rotatable bonds is 6. The third-order valence-corrected chi connectivity index (χ3v) is 4.73. The molecule has 3 rings (SSSR count). The Kier molecular flexibility index (Phi) is 5.39. The number of benzene rings is 1. The van der Waals surface area contributed by atoms with Crippen molar-refractivity contribution in [2.45, 2.75) is 46.1 Å². The first-order valence-corrected chi connectivity index (χ1v) is 9.00. The van der Waals surface area contributed by atoms with Crippen LogP contribution >= 0.6 is 0 Å². The average molecular weight is 368 g/mol. The summed E-state index contributed by atoms with van der Waals surface area (Å²) in [4.78, 5) is 28.2. The summed E-state index contributed by atoms with van der Waals surface area (Å²) in [5.74, 6) is -0.439. The predicted molar refractivity (Wildman–Crippen MR) is 103 cm³/mol. The van der Waals surface area contributed by atoms with Gasteiger partial charge in [0.15, 0.2) is 5.65 Å². The van der Waals surface area contributed by atoms with E-state index < -0.39 is 0 Å². The summed E-state index contributed by atoms with van der Waals surface area (Å²) in [6.07, 6.45) is 1.04. The maximum Gasteiger partial charge on any atom is 0.307 e. The monoisotopic (exact) mass is 368 g/mol. The van der Waals surface area contributed by atoms with Gasteiger partial charge < -0.3 is 10.1 Å². The van der Waals surface area contributed by atoms with Gasteiger partial charge in [-0.3, -0.25) is 9.59 Å². The molecule has 1 N–H and O–H groups in total. The van der Waals surface area contributed by atoms with Crippen molar-refractivity contribution in [3.05, 3.63) is 41.2 Å². The molecule has 1 atom stereocenters. The molecule has 0 radical (unpaired) electrons. The smallest absolute Gasteiger partial charge is 0.307 e. The molecule has 3 aromatic rings. The van der Waals surface area contributed by atoms with Gasteiger partial charge in [0.1, 0.15) is 0 Å². The number of ether oxygens (including phenoxy) is 1. The molecule has 2 heterocycles. The number of fused-ring (bicyclic) bond motifs is 3.